The first-order valence-electron chi connectivity index (χ1n) is 5.73. The van der Waals surface area contributed by atoms with Gasteiger partial charge in [-0.2, -0.15) is 13.2 Å². The quantitative estimate of drug-likeness (QED) is 0.840. The smallest absolute Gasteiger partial charge is 0.381 e. The van der Waals surface area contributed by atoms with Crippen molar-refractivity contribution in [1.29, 1.82) is 0 Å². The number of nitrogens with one attached hydrogen (secondary N) is 1. The molecule has 0 saturated heterocycles. The van der Waals surface area contributed by atoms with E-state index in [9.17, 15) is 23.1 Å². The van der Waals surface area contributed by atoms with Crippen LogP contribution < -0.4 is 5.32 Å². The van der Waals surface area contributed by atoms with Crippen LogP contribution in [-0.2, 0) is 15.7 Å². The first-order valence-corrected chi connectivity index (χ1v) is 5.73. The summed E-state index contributed by atoms with van der Waals surface area (Å²) in [6, 6.07) is 2.76. The van der Waals surface area contributed by atoms with Crippen LogP contribution >= 0.6 is 0 Å². The number of carbonyl (C=O) groups excluding carboxylic acids is 1. The maximum absolute atomic E-state index is 12.8. The molecule has 0 radical (unpaired) electrons. The molecule has 0 heterocycles. The van der Waals surface area contributed by atoms with Gasteiger partial charge in [0.05, 0.1) is 18.7 Å². The number of halogens is 3. The maximum atomic E-state index is 12.8. The molecule has 1 aromatic rings. The number of ether oxygens (including phenoxy) is 1. The van der Waals surface area contributed by atoms with Gasteiger partial charge in [-0.25, -0.2) is 4.85 Å². The van der Waals surface area contributed by atoms with Crippen LogP contribution in [0, 0.1) is 6.57 Å². The van der Waals surface area contributed by atoms with E-state index in [4.69, 9.17) is 6.57 Å². The SMILES string of the molecule is [C-]#[N+]c1ccc(NC(=O)[C@@](C)(O)COC)cc1C(F)(F)F. The minimum Gasteiger partial charge on any atom is -0.381 e. The topological polar surface area (TPSA) is 62.9 Å². The van der Waals surface area contributed by atoms with Crippen LogP contribution in [0.1, 0.15) is 12.5 Å². The van der Waals surface area contributed by atoms with E-state index < -0.39 is 28.9 Å². The normalized spacial score (nSPS) is 14.1. The van der Waals surface area contributed by atoms with E-state index in [1.54, 1.807) is 0 Å². The summed E-state index contributed by atoms with van der Waals surface area (Å²) in [5.41, 5.74) is -3.77. The third kappa shape index (κ3) is 4.18. The fraction of sp³-hybridized carbons (Fsp3) is 0.385. The number of amides is 1. The van der Waals surface area contributed by atoms with Crippen LogP contribution in [0.15, 0.2) is 18.2 Å². The molecular weight excluding hydrogens is 289 g/mol. The number of alkyl halides is 3. The van der Waals surface area contributed by atoms with Gasteiger partial charge in [-0.15, -0.1) is 0 Å². The van der Waals surface area contributed by atoms with Crippen molar-refractivity contribution in [3.63, 3.8) is 0 Å². The van der Waals surface area contributed by atoms with E-state index in [2.05, 4.69) is 14.9 Å². The molecule has 0 aliphatic carbocycles. The highest BCUT2D eigenvalue weighted by atomic mass is 19.4. The predicted octanol–water partition coefficient (Wildman–Crippen LogP) is 2.59. The zero-order valence-corrected chi connectivity index (χ0v) is 11.3. The lowest BCUT2D eigenvalue weighted by Crippen LogP contribution is -2.43. The van der Waals surface area contributed by atoms with Crippen molar-refractivity contribution in [3.8, 4) is 0 Å². The second kappa shape index (κ2) is 6.11. The van der Waals surface area contributed by atoms with Gasteiger partial charge in [0.25, 0.3) is 5.91 Å². The minimum absolute atomic E-state index is 0.170. The number of benzene rings is 1. The van der Waals surface area contributed by atoms with E-state index in [1.165, 1.54) is 14.0 Å². The van der Waals surface area contributed by atoms with Gasteiger partial charge in [0.2, 0.25) is 0 Å². The van der Waals surface area contributed by atoms with E-state index in [0.717, 1.165) is 12.1 Å². The molecule has 1 rings (SSSR count). The lowest BCUT2D eigenvalue weighted by molar-refractivity contribution is -0.138. The standard InChI is InChI=1S/C13H13F3N2O3/c1-12(20,7-21-3)11(19)18-8-4-5-10(17-2)9(6-8)13(14,15)16/h4-6,20H,7H2,1,3H3,(H,18,19)/t12-/m0/s1. The Bertz CT molecular complexity index is 577. The monoisotopic (exact) mass is 302 g/mol. The third-order valence-corrected chi connectivity index (χ3v) is 2.59. The largest absolute Gasteiger partial charge is 0.407 e. The van der Waals surface area contributed by atoms with Gasteiger partial charge in [-0.3, -0.25) is 4.79 Å². The molecule has 0 bridgehead atoms. The molecule has 0 spiro atoms. The maximum Gasteiger partial charge on any atom is 0.407 e. The second-order valence-electron chi connectivity index (χ2n) is 4.50. The molecule has 1 aromatic carbocycles. The van der Waals surface area contributed by atoms with Crippen molar-refractivity contribution >= 4 is 17.3 Å². The number of hydrogen-bond donors (Lipinski definition) is 2. The lowest BCUT2D eigenvalue weighted by Gasteiger charge is -2.21. The van der Waals surface area contributed by atoms with Gasteiger partial charge in [-0.1, -0.05) is 6.07 Å². The van der Waals surface area contributed by atoms with E-state index >= 15 is 0 Å². The average Bonchev–Trinajstić information content (AvgIpc) is 2.37. The van der Waals surface area contributed by atoms with Crippen molar-refractivity contribution in [1.82, 2.24) is 0 Å². The molecule has 0 saturated carbocycles. The molecule has 21 heavy (non-hydrogen) atoms. The van der Waals surface area contributed by atoms with Gasteiger partial charge >= 0.3 is 6.18 Å². The van der Waals surface area contributed by atoms with Crippen molar-refractivity contribution in [2.24, 2.45) is 0 Å². The van der Waals surface area contributed by atoms with Crippen LogP contribution in [0.5, 0.6) is 0 Å². The van der Waals surface area contributed by atoms with E-state index in [-0.39, 0.29) is 12.3 Å². The van der Waals surface area contributed by atoms with Crippen LogP contribution in [0.25, 0.3) is 4.85 Å². The summed E-state index contributed by atoms with van der Waals surface area (Å²) in [6.45, 7) is 7.57. The molecule has 1 atom stereocenters. The van der Waals surface area contributed by atoms with Gasteiger partial charge in [0, 0.05) is 12.8 Å². The summed E-state index contributed by atoms with van der Waals surface area (Å²) in [4.78, 5) is 14.5. The van der Waals surface area contributed by atoms with Crippen LogP contribution in [0.3, 0.4) is 0 Å². The molecule has 114 valence electrons. The van der Waals surface area contributed by atoms with Crippen molar-refractivity contribution in [3.05, 3.63) is 35.2 Å². The van der Waals surface area contributed by atoms with Gasteiger partial charge in [0.15, 0.2) is 11.3 Å². The van der Waals surface area contributed by atoms with Crippen LogP contribution in [-0.4, -0.2) is 30.3 Å². The Morgan fingerprint density at radius 3 is 2.57 bits per heavy atom. The van der Waals surface area contributed by atoms with Crippen LogP contribution in [0.2, 0.25) is 0 Å². The van der Waals surface area contributed by atoms with Gasteiger partial charge in [0.1, 0.15) is 0 Å². The molecule has 0 fully saturated rings. The van der Waals surface area contributed by atoms with Gasteiger partial charge < -0.3 is 15.2 Å². The number of nitrogens with zero attached hydrogens (tertiary/aromatic N) is 1. The fourth-order valence-corrected chi connectivity index (χ4v) is 1.55. The number of hydrogen-bond acceptors (Lipinski definition) is 3. The minimum atomic E-state index is -4.71. The molecular formula is C13H13F3N2O3. The zero-order chi connectivity index (χ0) is 16.3. The van der Waals surface area contributed by atoms with E-state index in [0.29, 0.717) is 6.07 Å². The highest BCUT2D eigenvalue weighted by Gasteiger charge is 2.35. The Hall–Kier alpha value is -2.11. The molecule has 1 amide bonds. The number of methoxy groups -OCH3 is 1. The lowest BCUT2D eigenvalue weighted by atomic mass is 10.1. The summed E-state index contributed by atoms with van der Waals surface area (Å²) in [7, 11) is 1.27. The predicted molar refractivity (Wildman–Crippen MR) is 68.8 cm³/mol. The Morgan fingerprint density at radius 1 is 1.48 bits per heavy atom. The highest BCUT2D eigenvalue weighted by molar-refractivity contribution is 5.97. The summed E-state index contributed by atoms with van der Waals surface area (Å²) < 4.78 is 43.0. The number of aliphatic hydroxyl groups is 1. The Balaban J connectivity index is 3.07. The third-order valence-electron chi connectivity index (χ3n) is 2.59. The molecule has 0 unspecified atom stereocenters. The van der Waals surface area contributed by atoms with Gasteiger partial charge in [-0.05, 0) is 19.1 Å². The summed E-state index contributed by atoms with van der Waals surface area (Å²) >= 11 is 0. The fourth-order valence-electron chi connectivity index (χ4n) is 1.55. The van der Waals surface area contributed by atoms with Crippen molar-refractivity contribution in [2.75, 3.05) is 19.0 Å². The first kappa shape index (κ1) is 16.9. The number of rotatable bonds is 4. The summed E-state index contributed by atoms with van der Waals surface area (Å²) in [6.07, 6.45) is -4.71. The molecule has 5 nitrogen and oxygen atoms in total. The first-order chi connectivity index (χ1) is 9.61. The Morgan fingerprint density at radius 2 is 2.10 bits per heavy atom. The Kier molecular flexibility index (Phi) is 4.93. The molecule has 0 aliphatic heterocycles. The average molecular weight is 302 g/mol. The molecule has 0 aromatic heterocycles. The Labute approximate surface area is 119 Å². The highest BCUT2D eigenvalue weighted by Crippen LogP contribution is 2.38. The molecule has 2 N–H and O–H groups in total. The number of carbonyl (C=O) groups is 1. The van der Waals surface area contributed by atoms with Crippen molar-refractivity contribution in [2.45, 2.75) is 18.7 Å². The molecule has 8 heteroatoms. The zero-order valence-electron chi connectivity index (χ0n) is 11.3. The van der Waals surface area contributed by atoms with Crippen molar-refractivity contribution < 1.29 is 27.8 Å². The summed E-state index contributed by atoms with van der Waals surface area (Å²) in [5, 5.41) is 11.9. The van der Waals surface area contributed by atoms with E-state index in [1.807, 2.05) is 0 Å². The number of anilines is 1. The molecule has 0 aliphatic rings. The second-order valence-corrected chi connectivity index (χ2v) is 4.50. The summed E-state index contributed by atoms with van der Waals surface area (Å²) in [5.74, 6) is -0.909. The van der Waals surface area contributed by atoms with Crippen LogP contribution in [0.4, 0.5) is 24.5 Å².